The topological polar surface area (TPSA) is 105 Å². The lowest BCUT2D eigenvalue weighted by Gasteiger charge is -2.34. The molecule has 3 rings (SSSR count). The van der Waals surface area contributed by atoms with E-state index in [-0.39, 0.29) is 11.4 Å². The molecule has 1 aromatic heterocycles. The molecule has 8 nitrogen and oxygen atoms in total. The Labute approximate surface area is 157 Å². The summed E-state index contributed by atoms with van der Waals surface area (Å²) in [5.41, 5.74) is 5.42. The third-order valence-corrected chi connectivity index (χ3v) is 4.51. The first-order valence-corrected chi connectivity index (χ1v) is 8.41. The van der Waals surface area contributed by atoms with Crippen LogP contribution in [-0.2, 0) is 12.7 Å². The van der Waals surface area contributed by atoms with Gasteiger partial charge in [0, 0.05) is 44.6 Å². The van der Waals surface area contributed by atoms with E-state index in [1.165, 1.54) is 23.2 Å². The summed E-state index contributed by atoms with van der Waals surface area (Å²) >= 11 is 0. The van der Waals surface area contributed by atoms with Crippen LogP contribution in [0.15, 0.2) is 30.5 Å². The highest BCUT2D eigenvalue weighted by Crippen LogP contribution is 2.31. The van der Waals surface area contributed by atoms with Gasteiger partial charge in [-0.25, -0.2) is 9.59 Å². The van der Waals surface area contributed by atoms with E-state index in [4.69, 9.17) is 10.8 Å². The molecule has 2 heterocycles. The van der Waals surface area contributed by atoms with Crippen molar-refractivity contribution in [2.24, 2.45) is 0 Å². The van der Waals surface area contributed by atoms with Gasteiger partial charge in [-0.3, -0.25) is 4.90 Å². The highest BCUT2D eigenvalue weighted by molar-refractivity contribution is 5.86. The van der Waals surface area contributed by atoms with Crippen molar-refractivity contribution in [3.63, 3.8) is 0 Å². The van der Waals surface area contributed by atoms with Crippen LogP contribution in [0.2, 0.25) is 0 Å². The van der Waals surface area contributed by atoms with Crippen LogP contribution in [0.4, 0.5) is 23.7 Å². The van der Waals surface area contributed by atoms with Gasteiger partial charge in [0.05, 0.1) is 5.56 Å². The van der Waals surface area contributed by atoms with Crippen LogP contribution in [0.5, 0.6) is 0 Å². The maximum atomic E-state index is 12.7. The largest absolute Gasteiger partial charge is 0.476 e. The molecule has 0 aliphatic carbocycles. The molecule has 0 radical (unpaired) electrons. The lowest BCUT2D eigenvalue weighted by molar-refractivity contribution is -0.137. The summed E-state index contributed by atoms with van der Waals surface area (Å²) in [4.78, 5) is 26.7. The summed E-state index contributed by atoms with van der Waals surface area (Å²) < 4.78 is 39.1. The number of aromatic nitrogens is 2. The molecule has 1 aromatic carbocycles. The monoisotopic (exact) mass is 397 g/mol. The Kier molecular flexibility index (Phi) is 5.27. The van der Waals surface area contributed by atoms with Crippen LogP contribution in [0, 0.1) is 0 Å². The quantitative estimate of drug-likeness (QED) is 0.768. The molecule has 28 heavy (non-hydrogen) atoms. The minimum atomic E-state index is -4.44. The predicted molar refractivity (Wildman–Crippen MR) is 92.7 cm³/mol. The maximum Gasteiger partial charge on any atom is 0.416 e. The summed E-state index contributed by atoms with van der Waals surface area (Å²) in [5, 5.41) is 12.6. The van der Waals surface area contributed by atoms with Gasteiger partial charge >= 0.3 is 18.2 Å². The van der Waals surface area contributed by atoms with Gasteiger partial charge in [-0.2, -0.15) is 23.0 Å². The molecule has 1 saturated heterocycles. The number of anilines is 1. The first-order chi connectivity index (χ1) is 13.1. The van der Waals surface area contributed by atoms with E-state index in [1.54, 1.807) is 0 Å². The van der Waals surface area contributed by atoms with E-state index in [0.717, 1.165) is 16.8 Å². The number of carbonyl (C=O) groups excluding carboxylic acids is 1. The maximum absolute atomic E-state index is 12.7. The van der Waals surface area contributed by atoms with E-state index in [2.05, 4.69) is 5.10 Å². The Bertz CT molecular complexity index is 888. The number of benzene rings is 1. The zero-order chi connectivity index (χ0) is 20.5. The van der Waals surface area contributed by atoms with Crippen molar-refractivity contribution < 1.29 is 27.9 Å². The van der Waals surface area contributed by atoms with Crippen LogP contribution >= 0.6 is 0 Å². The second kappa shape index (κ2) is 7.50. The number of halogens is 3. The van der Waals surface area contributed by atoms with Crippen LogP contribution < -0.4 is 5.73 Å². The predicted octanol–water partition coefficient (Wildman–Crippen LogP) is 1.97. The van der Waals surface area contributed by atoms with Crippen molar-refractivity contribution in [3.05, 3.63) is 47.3 Å². The van der Waals surface area contributed by atoms with Gasteiger partial charge in [-0.1, -0.05) is 6.07 Å². The molecule has 1 aliphatic heterocycles. The summed E-state index contributed by atoms with van der Waals surface area (Å²) in [5.74, 6) is -1.22. The van der Waals surface area contributed by atoms with E-state index >= 15 is 0 Å². The summed E-state index contributed by atoms with van der Waals surface area (Å²) in [7, 11) is 0. The number of carboxylic acids is 1. The zero-order valence-corrected chi connectivity index (χ0v) is 14.7. The third-order valence-electron chi connectivity index (χ3n) is 4.51. The average molecular weight is 397 g/mol. The highest BCUT2D eigenvalue weighted by atomic mass is 19.4. The van der Waals surface area contributed by atoms with Gasteiger partial charge in [0.2, 0.25) is 0 Å². The lowest BCUT2D eigenvalue weighted by Crippen LogP contribution is -2.49. The fourth-order valence-electron chi connectivity index (χ4n) is 2.94. The van der Waals surface area contributed by atoms with Crippen molar-refractivity contribution in [1.29, 1.82) is 0 Å². The second-order valence-electron chi connectivity index (χ2n) is 6.41. The third kappa shape index (κ3) is 4.25. The van der Waals surface area contributed by atoms with Gasteiger partial charge in [-0.05, 0) is 23.8 Å². The number of hydrogen-bond donors (Lipinski definition) is 2. The van der Waals surface area contributed by atoms with E-state index in [0.29, 0.717) is 38.3 Å². The molecule has 2 aromatic rings. The molecular weight excluding hydrogens is 379 g/mol. The molecule has 0 unspecified atom stereocenters. The van der Waals surface area contributed by atoms with Gasteiger partial charge < -0.3 is 15.7 Å². The van der Waals surface area contributed by atoms with Gasteiger partial charge in [0.25, 0.3) is 0 Å². The van der Waals surface area contributed by atoms with Crippen molar-refractivity contribution in [2.75, 3.05) is 31.9 Å². The number of piperazine rings is 1. The fraction of sp³-hybridized carbons (Fsp3) is 0.353. The number of amides is 1. The summed E-state index contributed by atoms with van der Waals surface area (Å²) in [6.07, 6.45) is -3.15. The number of alkyl halides is 3. The lowest BCUT2D eigenvalue weighted by atomic mass is 10.1. The molecule has 1 fully saturated rings. The Morgan fingerprint density at radius 2 is 1.82 bits per heavy atom. The van der Waals surface area contributed by atoms with Crippen molar-refractivity contribution in [2.45, 2.75) is 12.7 Å². The van der Waals surface area contributed by atoms with Crippen molar-refractivity contribution in [1.82, 2.24) is 19.6 Å². The zero-order valence-electron chi connectivity index (χ0n) is 14.7. The number of aromatic carboxylic acids is 1. The molecule has 11 heteroatoms. The van der Waals surface area contributed by atoms with Crippen molar-refractivity contribution in [3.8, 4) is 0 Å². The van der Waals surface area contributed by atoms with E-state index in [1.807, 2.05) is 4.90 Å². The van der Waals surface area contributed by atoms with Crippen LogP contribution in [0.1, 0.15) is 21.6 Å². The number of carbonyl (C=O) groups is 2. The Balaban J connectivity index is 1.58. The number of nitrogens with zero attached hydrogens (tertiary/aromatic N) is 4. The van der Waals surface area contributed by atoms with E-state index in [9.17, 15) is 22.8 Å². The summed E-state index contributed by atoms with van der Waals surface area (Å²) in [6.45, 7) is 2.12. The summed E-state index contributed by atoms with van der Waals surface area (Å²) in [6, 6.07) is 4.11. The minimum Gasteiger partial charge on any atom is -0.476 e. The number of carboxylic acid groups (broad SMARTS) is 1. The smallest absolute Gasteiger partial charge is 0.416 e. The Morgan fingerprint density at radius 1 is 1.14 bits per heavy atom. The molecule has 150 valence electrons. The first kappa shape index (κ1) is 19.7. The number of hydrogen-bond acceptors (Lipinski definition) is 5. The Morgan fingerprint density at radius 3 is 2.36 bits per heavy atom. The molecule has 3 N–H and O–H groups in total. The molecule has 0 spiro atoms. The Hall–Kier alpha value is -3.08. The molecule has 0 bridgehead atoms. The molecule has 1 amide bonds. The SMILES string of the molecule is Nc1cc(C(F)(F)F)ccc1CN1CCN(C(=O)n2ccc(C(=O)O)n2)CC1. The normalized spacial score (nSPS) is 15.6. The number of nitrogens with two attached hydrogens (primary N) is 1. The molecule has 0 saturated carbocycles. The standard InChI is InChI=1S/C17H18F3N5O3/c18-17(19,20)12-2-1-11(13(21)9-12)10-23-5-7-24(8-6-23)16(28)25-4-3-14(22-25)15(26)27/h1-4,9H,5-8,10,21H2,(H,26,27). The van der Waals surface area contributed by atoms with Gasteiger partial charge in [0.1, 0.15) is 0 Å². The fourth-order valence-corrected chi connectivity index (χ4v) is 2.94. The second-order valence-corrected chi connectivity index (χ2v) is 6.41. The van der Waals surface area contributed by atoms with Crippen LogP contribution in [-0.4, -0.2) is 62.9 Å². The highest BCUT2D eigenvalue weighted by Gasteiger charge is 2.31. The first-order valence-electron chi connectivity index (χ1n) is 8.41. The van der Waals surface area contributed by atoms with Gasteiger partial charge in [-0.15, -0.1) is 0 Å². The van der Waals surface area contributed by atoms with Crippen LogP contribution in [0.25, 0.3) is 0 Å². The van der Waals surface area contributed by atoms with Crippen molar-refractivity contribution >= 4 is 17.7 Å². The average Bonchev–Trinajstić information content (AvgIpc) is 3.13. The molecular formula is C17H18F3N5O3. The van der Waals surface area contributed by atoms with Crippen LogP contribution in [0.3, 0.4) is 0 Å². The number of rotatable bonds is 3. The number of nitrogen functional groups attached to an aromatic ring is 1. The minimum absolute atomic E-state index is 0.0751. The molecule has 0 atom stereocenters. The van der Waals surface area contributed by atoms with E-state index < -0.39 is 23.7 Å². The molecule has 1 aliphatic rings. The van der Waals surface area contributed by atoms with Gasteiger partial charge in [0.15, 0.2) is 5.69 Å².